The number of aryl methyl sites for hydroxylation is 2. The summed E-state index contributed by atoms with van der Waals surface area (Å²) in [4.78, 5) is 25.2. The number of nitrogens with one attached hydrogen (secondary N) is 1. The molecule has 0 spiro atoms. The van der Waals surface area contributed by atoms with Crippen LogP contribution in [0.1, 0.15) is 23.9 Å². The van der Waals surface area contributed by atoms with E-state index >= 15 is 0 Å². The van der Waals surface area contributed by atoms with Gasteiger partial charge in [-0.1, -0.05) is 31.2 Å². The topological polar surface area (TPSA) is 68.4 Å². The third-order valence-electron chi connectivity index (χ3n) is 4.72. The highest BCUT2D eigenvalue weighted by Crippen LogP contribution is 2.24. The second-order valence-electron chi connectivity index (χ2n) is 6.47. The molecule has 6 nitrogen and oxygen atoms in total. The summed E-state index contributed by atoms with van der Waals surface area (Å²) < 4.78 is 4.21. The minimum absolute atomic E-state index is 0.0902. The third kappa shape index (κ3) is 3.14. The number of carbonyl (C=O) groups is 1. The van der Waals surface area contributed by atoms with Crippen molar-refractivity contribution in [2.75, 3.05) is 0 Å². The van der Waals surface area contributed by atoms with E-state index in [2.05, 4.69) is 10.4 Å². The fourth-order valence-electron chi connectivity index (χ4n) is 3.25. The summed E-state index contributed by atoms with van der Waals surface area (Å²) in [6, 6.07) is 11.8. The van der Waals surface area contributed by atoms with E-state index in [4.69, 9.17) is 0 Å². The second kappa shape index (κ2) is 7.00. The molecule has 0 fully saturated rings. The van der Waals surface area contributed by atoms with Gasteiger partial charge in [0.25, 0.3) is 5.56 Å². The maximum absolute atomic E-state index is 12.8. The average Bonchev–Trinajstić information content (AvgIpc) is 3.25. The average molecular weight is 380 g/mol. The molecule has 27 heavy (non-hydrogen) atoms. The SMILES string of the molecule is CCc1nn(CC(=O)NCc2ccccc2C)c(=O)c2cc3sccc3n12. The number of carbonyl (C=O) groups excluding carboxylic acids is 1. The Balaban J connectivity index is 1.62. The van der Waals surface area contributed by atoms with Gasteiger partial charge in [0.1, 0.15) is 17.9 Å². The third-order valence-corrected chi connectivity index (χ3v) is 5.57. The zero-order valence-corrected chi connectivity index (χ0v) is 16.0. The van der Waals surface area contributed by atoms with Crippen molar-refractivity contribution in [1.29, 1.82) is 0 Å². The lowest BCUT2D eigenvalue weighted by atomic mass is 10.1. The van der Waals surface area contributed by atoms with Crippen LogP contribution >= 0.6 is 11.3 Å². The van der Waals surface area contributed by atoms with Crippen molar-refractivity contribution in [3.05, 3.63) is 69.1 Å². The van der Waals surface area contributed by atoms with Crippen LogP contribution in [0.3, 0.4) is 0 Å². The van der Waals surface area contributed by atoms with Gasteiger partial charge in [-0.3, -0.25) is 14.0 Å². The Bertz CT molecular complexity index is 1200. The van der Waals surface area contributed by atoms with Gasteiger partial charge in [-0.25, -0.2) is 4.68 Å². The molecule has 3 aromatic heterocycles. The fourth-order valence-corrected chi connectivity index (χ4v) is 4.06. The molecule has 0 aliphatic rings. The molecule has 0 aliphatic carbocycles. The second-order valence-corrected chi connectivity index (χ2v) is 7.42. The van der Waals surface area contributed by atoms with Crippen molar-refractivity contribution in [3.63, 3.8) is 0 Å². The molecule has 138 valence electrons. The van der Waals surface area contributed by atoms with Crippen molar-refractivity contribution >= 4 is 33.0 Å². The highest BCUT2D eigenvalue weighted by Gasteiger charge is 2.15. The molecule has 0 radical (unpaired) electrons. The zero-order valence-electron chi connectivity index (χ0n) is 15.2. The first-order valence-electron chi connectivity index (χ1n) is 8.88. The standard InChI is InChI=1S/C20H20N4O2S/c1-3-18-22-23(12-19(25)21-11-14-7-5-4-6-13(14)2)20(26)16-10-17-15(24(16)18)8-9-27-17/h4-10H,3,11-12H2,1-2H3,(H,21,25). The summed E-state index contributed by atoms with van der Waals surface area (Å²) in [5.41, 5.74) is 3.49. The zero-order chi connectivity index (χ0) is 19.0. The number of rotatable bonds is 5. The molecule has 7 heteroatoms. The van der Waals surface area contributed by atoms with Crippen LogP contribution in [0.25, 0.3) is 15.7 Å². The Kier molecular flexibility index (Phi) is 4.53. The van der Waals surface area contributed by atoms with Gasteiger partial charge in [0.15, 0.2) is 0 Å². The van der Waals surface area contributed by atoms with Crippen LogP contribution in [0.4, 0.5) is 0 Å². The van der Waals surface area contributed by atoms with E-state index < -0.39 is 0 Å². The maximum atomic E-state index is 12.8. The van der Waals surface area contributed by atoms with Crippen LogP contribution in [-0.4, -0.2) is 20.1 Å². The minimum atomic E-state index is -0.248. The largest absolute Gasteiger partial charge is 0.350 e. The quantitative estimate of drug-likeness (QED) is 0.579. The molecule has 0 atom stereocenters. The predicted octanol–water partition coefficient (Wildman–Crippen LogP) is 2.90. The molecule has 0 saturated heterocycles. The number of benzene rings is 1. The number of hydrogen-bond acceptors (Lipinski definition) is 4. The summed E-state index contributed by atoms with van der Waals surface area (Å²) in [7, 11) is 0. The molecule has 0 bridgehead atoms. The van der Waals surface area contributed by atoms with Gasteiger partial charge >= 0.3 is 0 Å². The van der Waals surface area contributed by atoms with E-state index in [9.17, 15) is 9.59 Å². The minimum Gasteiger partial charge on any atom is -0.350 e. The van der Waals surface area contributed by atoms with Gasteiger partial charge in [0.05, 0.1) is 10.2 Å². The van der Waals surface area contributed by atoms with Crippen molar-refractivity contribution < 1.29 is 4.79 Å². The highest BCUT2D eigenvalue weighted by molar-refractivity contribution is 7.17. The monoisotopic (exact) mass is 380 g/mol. The van der Waals surface area contributed by atoms with E-state index in [1.165, 1.54) is 4.68 Å². The van der Waals surface area contributed by atoms with Crippen LogP contribution in [0.15, 0.2) is 46.6 Å². The first kappa shape index (κ1) is 17.5. The molecule has 1 aromatic carbocycles. The molecule has 1 N–H and O–H groups in total. The van der Waals surface area contributed by atoms with Gasteiger partial charge in [0, 0.05) is 13.0 Å². The van der Waals surface area contributed by atoms with Crippen molar-refractivity contribution in [2.45, 2.75) is 33.4 Å². The normalized spacial score (nSPS) is 11.3. The first-order valence-corrected chi connectivity index (χ1v) is 9.76. The number of nitrogens with zero attached hydrogens (tertiary/aromatic N) is 3. The number of hydrogen-bond donors (Lipinski definition) is 1. The number of thiophene rings is 1. The molecule has 0 saturated carbocycles. The van der Waals surface area contributed by atoms with Crippen LogP contribution < -0.4 is 10.9 Å². The van der Waals surface area contributed by atoms with Crippen LogP contribution in [-0.2, 0) is 24.3 Å². The first-order chi connectivity index (χ1) is 13.1. The molecule has 1 amide bonds. The molecular weight excluding hydrogens is 360 g/mol. The Morgan fingerprint density at radius 3 is 2.81 bits per heavy atom. The molecule has 0 aliphatic heterocycles. The van der Waals surface area contributed by atoms with Crippen LogP contribution in [0, 0.1) is 6.92 Å². The van der Waals surface area contributed by atoms with Gasteiger partial charge in [-0.05, 0) is 35.6 Å². The lowest BCUT2D eigenvalue weighted by Gasteiger charge is -2.11. The molecule has 3 heterocycles. The fraction of sp³-hybridized carbons (Fsp3) is 0.250. The Morgan fingerprint density at radius 2 is 2.04 bits per heavy atom. The maximum Gasteiger partial charge on any atom is 0.291 e. The summed E-state index contributed by atoms with van der Waals surface area (Å²) in [5.74, 6) is 0.539. The molecular formula is C20H20N4O2S. The van der Waals surface area contributed by atoms with Crippen molar-refractivity contribution in [2.24, 2.45) is 0 Å². The Morgan fingerprint density at radius 1 is 1.22 bits per heavy atom. The summed E-state index contributed by atoms with van der Waals surface area (Å²) in [6.45, 7) is 4.34. The summed E-state index contributed by atoms with van der Waals surface area (Å²) in [6.07, 6.45) is 0.668. The van der Waals surface area contributed by atoms with E-state index in [0.717, 1.165) is 27.2 Å². The van der Waals surface area contributed by atoms with Crippen LogP contribution in [0.2, 0.25) is 0 Å². The van der Waals surface area contributed by atoms with Gasteiger partial charge < -0.3 is 5.32 Å². The molecule has 4 aromatic rings. The van der Waals surface area contributed by atoms with Gasteiger partial charge in [-0.15, -0.1) is 11.3 Å². The van der Waals surface area contributed by atoms with Crippen LogP contribution in [0.5, 0.6) is 0 Å². The van der Waals surface area contributed by atoms with E-state index in [-0.39, 0.29) is 18.0 Å². The lowest BCUT2D eigenvalue weighted by molar-refractivity contribution is -0.122. The van der Waals surface area contributed by atoms with E-state index in [1.807, 2.05) is 60.0 Å². The molecule has 4 rings (SSSR count). The number of aromatic nitrogens is 3. The van der Waals surface area contributed by atoms with Crippen molar-refractivity contribution in [3.8, 4) is 0 Å². The predicted molar refractivity (Wildman–Crippen MR) is 107 cm³/mol. The summed E-state index contributed by atoms with van der Waals surface area (Å²) in [5, 5.41) is 9.32. The van der Waals surface area contributed by atoms with Crippen molar-refractivity contribution in [1.82, 2.24) is 19.5 Å². The van der Waals surface area contributed by atoms with E-state index in [1.54, 1.807) is 11.3 Å². The van der Waals surface area contributed by atoms with Gasteiger partial charge in [-0.2, -0.15) is 5.10 Å². The number of amides is 1. The summed E-state index contributed by atoms with van der Waals surface area (Å²) >= 11 is 1.59. The number of fused-ring (bicyclic) bond motifs is 3. The lowest BCUT2D eigenvalue weighted by Crippen LogP contribution is -2.35. The Hall–Kier alpha value is -2.93. The van der Waals surface area contributed by atoms with E-state index in [0.29, 0.717) is 18.5 Å². The Labute approximate surface area is 160 Å². The molecule has 0 unspecified atom stereocenters. The highest BCUT2D eigenvalue weighted by atomic mass is 32.1. The smallest absolute Gasteiger partial charge is 0.291 e. The van der Waals surface area contributed by atoms with Gasteiger partial charge in [0.2, 0.25) is 5.91 Å².